The van der Waals surface area contributed by atoms with Crippen LogP contribution >= 0.6 is 24.0 Å². The number of nitrogens with one attached hydrogen (secondary N) is 1. The number of guanidine groups is 1. The van der Waals surface area contributed by atoms with E-state index in [1.807, 2.05) is 30.3 Å². The van der Waals surface area contributed by atoms with Crippen molar-refractivity contribution in [3.8, 4) is 0 Å². The minimum absolute atomic E-state index is 0. The van der Waals surface area contributed by atoms with Crippen molar-refractivity contribution in [2.45, 2.75) is 24.0 Å². The summed E-state index contributed by atoms with van der Waals surface area (Å²) in [5.74, 6) is 0.387. The third kappa shape index (κ3) is 4.17. The number of halogens is 1. The highest BCUT2D eigenvalue weighted by Crippen LogP contribution is 2.37. The van der Waals surface area contributed by atoms with E-state index in [1.54, 1.807) is 6.26 Å². The van der Waals surface area contributed by atoms with Crippen molar-refractivity contribution in [2.24, 2.45) is 10.7 Å². The molecule has 1 aliphatic carbocycles. The van der Waals surface area contributed by atoms with E-state index in [0.717, 1.165) is 24.9 Å². The minimum atomic E-state index is -0.835. The molecule has 2 rings (SSSR count). The average molecular weight is 393 g/mol. The molecular weight excluding hydrogens is 373 g/mol. The van der Waals surface area contributed by atoms with Crippen LogP contribution in [0.4, 0.5) is 5.69 Å². The van der Waals surface area contributed by atoms with Crippen molar-refractivity contribution >= 4 is 46.4 Å². The maximum Gasteiger partial charge on any atom is 0.193 e. The predicted molar refractivity (Wildman–Crippen MR) is 92.6 cm³/mol. The molecule has 1 aromatic carbocycles. The lowest BCUT2D eigenvalue weighted by molar-refractivity contribution is 0.361. The molecule has 3 N–H and O–H groups in total. The van der Waals surface area contributed by atoms with Crippen molar-refractivity contribution in [1.29, 1.82) is 0 Å². The number of para-hydroxylation sites is 1. The van der Waals surface area contributed by atoms with Gasteiger partial charge < -0.3 is 11.1 Å². The first-order chi connectivity index (χ1) is 8.62. The first kappa shape index (κ1) is 16.4. The molecule has 6 heteroatoms. The molecule has 106 valence electrons. The normalized spacial score (nSPS) is 18.9. The second-order valence-corrected chi connectivity index (χ2v) is 6.46. The standard InChI is InChI=1S/C13H19N3OS.HI/c1-18(17)13(8-5-9-13)10-15-12(14)16-11-6-3-2-4-7-11;/h2-4,6-7H,5,8-10H2,1H3,(H3,14,15,16);1H. The molecule has 0 aliphatic heterocycles. The van der Waals surface area contributed by atoms with E-state index in [4.69, 9.17) is 5.73 Å². The van der Waals surface area contributed by atoms with E-state index in [1.165, 1.54) is 0 Å². The zero-order chi connectivity index (χ0) is 13.0. The van der Waals surface area contributed by atoms with Gasteiger partial charge in [0.05, 0.1) is 11.3 Å². The van der Waals surface area contributed by atoms with Crippen molar-refractivity contribution in [1.82, 2.24) is 0 Å². The van der Waals surface area contributed by atoms with Crippen LogP contribution in [0.15, 0.2) is 35.3 Å². The topological polar surface area (TPSA) is 67.5 Å². The van der Waals surface area contributed by atoms with E-state index >= 15 is 0 Å². The Morgan fingerprint density at radius 1 is 1.42 bits per heavy atom. The fourth-order valence-corrected chi connectivity index (χ4v) is 3.16. The highest BCUT2D eigenvalue weighted by atomic mass is 127. The molecule has 19 heavy (non-hydrogen) atoms. The van der Waals surface area contributed by atoms with Crippen LogP contribution in [0.25, 0.3) is 0 Å². The van der Waals surface area contributed by atoms with E-state index in [-0.39, 0.29) is 28.7 Å². The molecule has 1 unspecified atom stereocenters. The number of benzene rings is 1. The summed E-state index contributed by atoms with van der Waals surface area (Å²) in [6, 6.07) is 9.68. The molecule has 0 bridgehead atoms. The summed E-state index contributed by atoms with van der Waals surface area (Å²) in [7, 11) is -0.835. The Balaban J connectivity index is 0.00000180. The molecule has 1 aliphatic rings. The van der Waals surface area contributed by atoms with Crippen molar-refractivity contribution < 1.29 is 4.21 Å². The molecule has 1 saturated carbocycles. The Morgan fingerprint density at radius 2 is 2.05 bits per heavy atom. The second-order valence-electron chi connectivity index (χ2n) is 4.68. The summed E-state index contributed by atoms with van der Waals surface area (Å²) >= 11 is 0. The number of hydrogen-bond acceptors (Lipinski definition) is 2. The van der Waals surface area contributed by atoms with Gasteiger partial charge in [0.1, 0.15) is 0 Å². The van der Waals surface area contributed by atoms with Gasteiger partial charge in [-0.15, -0.1) is 24.0 Å². The predicted octanol–water partition coefficient (Wildman–Crippen LogP) is 2.33. The van der Waals surface area contributed by atoms with Crippen LogP contribution in [0.2, 0.25) is 0 Å². The van der Waals surface area contributed by atoms with Crippen LogP contribution in [0, 0.1) is 0 Å². The Hall–Kier alpha value is -0.630. The van der Waals surface area contributed by atoms with Crippen LogP contribution in [0.5, 0.6) is 0 Å². The molecule has 0 heterocycles. The van der Waals surface area contributed by atoms with Gasteiger partial charge in [-0.2, -0.15) is 0 Å². The molecule has 1 fully saturated rings. The zero-order valence-electron chi connectivity index (χ0n) is 11.0. The quantitative estimate of drug-likeness (QED) is 0.469. The third-order valence-corrected chi connectivity index (χ3v) is 5.22. The van der Waals surface area contributed by atoms with E-state index in [2.05, 4.69) is 10.3 Å². The van der Waals surface area contributed by atoms with E-state index in [9.17, 15) is 4.21 Å². The summed E-state index contributed by atoms with van der Waals surface area (Å²) in [6.45, 7) is 0.543. The maximum absolute atomic E-state index is 11.7. The van der Waals surface area contributed by atoms with Gasteiger partial charge in [0.2, 0.25) is 0 Å². The molecule has 0 spiro atoms. The monoisotopic (exact) mass is 393 g/mol. The molecule has 1 aromatic rings. The van der Waals surface area contributed by atoms with Crippen LogP contribution < -0.4 is 11.1 Å². The third-order valence-electron chi connectivity index (χ3n) is 3.46. The number of aliphatic imine (C=N–C) groups is 1. The van der Waals surface area contributed by atoms with E-state index in [0.29, 0.717) is 12.5 Å². The molecule has 0 aromatic heterocycles. The largest absolute Gasteiger partial charge is 0.370 e. The van der Waals surface area contributed by atoms with Gasteiger partial charge in [-0.25, -0.2) is 0 Å². The number of anilines is 1. The van der Waals surface area contributed by atoms with Gasteiger partial charge in [-0.3, -0.25) is 9.20 Å². The molecule has 0 radical (unpaired) electrons. The summed E-state index contributed by atoms with van der Waals surface area (Å²) in [4.78, 5) is 4.33. The molecule has 0 amide bonds. The van der Waals surface area contributed by atoms with Crippen LogP contribution in [-0.4, -0.2) is 27.7 Å². The number of hydrogen-bond donors (Lipinski definition) is 2. The lowest BCUT2D eigenvalue weighted by Crippen LogP contribution is -2.44. The maximum atomic E-state index is 11.7. The number of nitrogens with two attached hydrogens (primary N) is 1. The lowest BCUT2D eigenvalue weighted by atomic mass is 9.84. The van der Waals surface area contributed by atoms with Crippen molar-refractivity contribution in [2.75, 3.05) is 18.1 Å². The fraction of sp³-hybridized carbons (Fsp3) is 0.462. The van der Waals surface area contributed by atoms with Gasteiger partial charge in [0, 0.05) is 22.7 Å². The summed E-state index contributed by atoms with van der Waals surface area (Å²) in [5, 5.41) is 3.03. The van der Waals surface area contributed by atoms with Crippen molar-refractivity contribution in [3.63, 3.8) is 0 Å². The molecule has 4 nitrogen and oxygen atoms in total. The Bertz CT molecular complexity index is 460. The van der Waals surface area contributed by atoms with Gasteiger partial charge >= 0.3 is 0 Å². The van der Waals surface area contributed by atoms with Crippen LogP contribution in [0.1, 0.15) is 19.3 Å². The first-order valence-electron chi connectivity index (χ1n) is 6.08. The van der Waals surface area contributed by atoms with Gasteiger partial charge in [0.25, 0.3) is 0 Å². The SMILES string of the molecule is CS(=O)C1(CN=C(N)Nc2ccccc2)CCC1.I. The molecular formula is C13H20IN3OS. The summed E-state index contributed by atoms with van der Waals surface area (Å²) < 4.78 is 11.6. The molecule has 1 atom stereocenters. The van der Waals surface area contributed by atoms with Gasteiger partial charge in [-0.1, -0.05) is 24.6 Å². The number of nitrogens with zero attached hydrogens (tertiary/aromatic N) is 1. The second kappa shape index (κ2) is 7.23. The van der Waals surface area contributed by atoms with Gasteiger partial charge in [-0.05, 0) is 25.0 Å². The number of rotatable bonds is 4. The summed E-state index contributed by atoms with van der Waals surface area (Å²) in [5.41, 5.74) is 6.75. The van der Waals surface area contributed by atoms with Gasteiger partial charge in [0.15, 0.2) is 5.96 Å². The van der Waals surface area contributed by atoms with E-state index < -0.39 is 10.8 Å². The average Bonchev–Trinajstić information content (AvgIpc) is 2.28. The van der Waals surface area contributed by atoms with Crippen molar-refractivity contribution in [3.05, 3.63) is 30.3 Å². The van der Waals surface area contributed by atoms with Crippen LogP contribution in [-0.2, 0) is 10.8 Å². The minimum Gasteiger partial charge on any atom is -0.370 e. The Labute approximate surface area is 133 Å². The first-order valence-corrected chi connectivity index (χ1v) is 7.64. The Kier molecular flexibility index (Phi) is 6.25. The van der Waals surface area contributed by atoms with Crippen LogP contribution in [0.3, 0.4) is 0 Å². The highest BCUT2D eigenvalue weighted by Gasteiger charge is 2.40. The Morgan fingerprint density at radius 3 is 2.53 bits per heavy atom. The lowest BCUT2D eigenvalue weighted by Gasteiger charge is -2.38. The molecule has 0 saturated heterocycles. The highest BCUT2D eigenvalue weighted by molar-refractivity contribution is 14.0. The smallest absolute Gasteiger partial charge is 0.193 e. The fourth-order valence-electron chi connectivity index (χ4n) is 2.05. The zero-order valence-corrected chi connectivity index (χ0v) is 14.1. The summed E-state index contributed by atoms with van der Waals surface area (Å²) in [6.07, 6.45) is 4.87.